The standard InChI is InChI=1S/C16H15FN4O3/c1-9-4-3-5-12-15(9)20-14(19-12)8-18-13-7-10(24-2)6-11(17)16(13)21(22)23/h3-7,18H,8H2,1-2H3,(H,19,20). The summed E-state index contributed by atoms with van der Waals surface area (Å²) in [7, 11) is 1.37. The smallest absolute Gasteiger partial charge is 0.327 e. The molecular formula is C16H15FN4O3. The highest BCUT2D eigenvalue weighted by molar-refractivity contribution is 5.78. The van der Waals surface area contributed by atoms with Crippen molar-refractivity contribution in [2.24, 2.45) is 0 Å². The summed E-state index contributed by atoms with van der Waals surface area (Å²) in [5.41, 5.74) is 2.14. The Hall–Kier alpha value is -3.16. The summed E-state index contributed by atoms with van der Waals surface area (Å²) >= 11 is 0. The van der Waals surface area contributed by atoms with Crippen LogP contribution in [0.4, 0.5) is 15.8 Å². The quantitative estimate of drug-likeness (QED) is 0.551. The molecule has 0 aliphatic rings. The lowest BCUT2D eigenvalue weighted by atomic mass is 10.2. The Kier molecular flexibility index (Phi) is 4.03. The molecule has 0 aliphatic heterocycles. The molecule has 1 heterocycles. The first-order valence-electron chi connectivity index (χ1n) is 7.19. The molecule has 2 aromatic carbocycles. The first-order valence-corrected chi connectivity index (χ1v) is 7.19. The maximum absolute atomic E-state index is 13.9. The van der Waals surface area contributed by atoms with Crippen molar-refractivity contribution in [2.45, 2.75) is 13.5 Å². The average molecular weight is 330 g/mol. The number of nitro groups is 1. The van der Waals surface area contributed by atoms with Gasteiger partial charge in [-0.2, -0.15) is 4.39 Å². The van der Waals surface area contributed by atoms with Crippen molar-refractivity contribution in [2.75, 3.05) is 12.4 Å². The Balaban J connectivity index is 1.91. The van der Waals surface area contributed by atoms with Crippen LogP contribution in [0.3, 0.4) is 0 Å². The number of fused-ring (bicyclic) bond motifs is 1. The molecule has 3 rings (SSSR count). The molecule has 1 aromatic heterocycles. The van der Waals surface area contributed by atoms with E-state index in [1.165, 1.54) is 13.2 Å². The van der Waals surface area contributed by atoms with Crippen LogP contribution in [0.25, 0.3) is 11.0 Å². The minimum absolute atomic E-state index is 0.0361. The van der Waals surface area contributed by atoms with Crippen molar-refractivity contribution in [3.63, 3.8) is 0 Å². The van der Waals surface area contributed by atoms with E-state index in [1.54, 1.807) is 0 Å². The Labute approximate surface area is 136 Å². The fourth-order valence-corrected chi connectivity index (χ4v) is 2.50. The van der Waals surface area contributed by atoms with Gasteiger partial charge in [0.25, 0.3) is 0 Å². The number of aromatic amines is 1. The van der Waals surface area contributed by atoms with Crippen LogP contribution in [0.5, 0.6) is 5.75 Å². The van der Waals surface area contributed by atoms with Crippen molar-refractivity contribution < 1.29 is 14.1 Å². The number of hydrogen-bond acceptors (Lipinski definition) is 5. The highest BCUT2D eigenvalue weighted by Gasteiger charge is 2.22. The molecule has 124 valence electrons. The Morgan fingerprint density at radius 2 is 2.21 bits per heavy atom. The number of aryl methyl sites for hydroxylation is 1. The molecule has 0 saturated heterocycles. The van der Waals surface area contributed by atoms with Gasteiger partial charge in [0.2, 0.25) is 5.82 Å². The zero-order chi connectivity index (χ0) is 17.3. The summed E-state index contributed by atoms with van der Waals surface area (Å²) in [6.07, 6.45) is 0. The van der Waals surface area contributed by atoms with Gasteiger partial charge in [0.1, 0.15) is 17.3 Å². The van der Waals surface area contributed by atoms with Gasteiger partial charge in [-0.1, -0.05) is 12.1 Å². The van der Waals surface area contributed by atoms with Gasteiger partial charge < -0.3 is 15.0 Å². The number of methoxy groups -OCH3 is 1. The molecule has 0 amide bonds. The molecule has 0 unspecified atom stereocenters. The number of rotatable bonds is 5. The summed E-state index contributed by atoms with van der Waals surface area (Å²) in [5.74, 6) is -0.167. The number of halogens is 1. The lowest BCUT2D eigenvalue weighted by molar-refractivity contribution is -0.386. The maximum atomic E-state index is 13.9. The largest absolute Gasteiger partial charge is 0.497 e. The number of anilines is 1. The van der Waals surface area contributed by atoms with Gasteiger partial charge in [-0.25, -0.2) is 4.98 Å². The summed E-state index contributed by atoms with van der Waals surface area (Å²) in [5, 5.41) is 14.0. The van der Waals surface area contributed by atoms with E-state index < -0.39 is 16.4 Å². The SMILES string of the molecule is COc1cc(F)c([N+](=O)[O-])c(NCc2nc3c(C)cccc3[nH]2)c1. The molecular weight excluding hydrogens is 315 g/mol. The molecule has 0 aliphatic carbocycles. The molecule has 3 aromatic rings. The number of para-hydroxylation sites is 1. The number of H-pyrrole nitrogens is 1. The lowest BCUT2D eigenvalue weighted by Crippen LogP contribution is -2.06. The van der Waals surface area contributed by atoms with Crippen LogP contribution in [0.15, 0.2) is 30.3 Å². The van der Waals surface area contributed by atoms with Gasteiger partial charge >= 0.3 is 5.69 Å². The fourth-order valence-electron chi connectivity index (χ4n) is 2.50. The third-order valence-corrected chi connectivity index (χ3v) is 3.66. The maximum Gasteiger partial charge on any atom is 0.327 e. The van der Waals surface area contributed by atoms with E-state index in [9.17, 15) is 14.5 Å². The van der Waals surface area contributed by atoms with Gasteiger partial charge in [-0.05, 0) is 18.6 Å². The summed E-state index contributed by atoms with van der Waals surface area (Å²) < 4.78 is 18.9. The predicted molar refractivity (Wildman–Crippen MR) is 87.8 cm³/mol. The second-order valence-corrected chi connectivity index (χ2v) is 5.27. The fraction of sp³-hybridized carbons (Fsp3) is 0.188. The molecule has 0 radical (unpaired) electrons. The minimum Gasteiger partial charge on any atom is -0.497 e. The van der Waals surface area contributed by atoms with Crippen molar-refractivity contribution in [3.05, 3.63) is 57.7 Å². The van der Waals surface area contributed by atoms with Gasteiger partial charge in [0, 0.05) is 12.1 Å². The van der Waals surface area contributed by atoms with E-state index in [4.69, 9.17) is 4.74 Å². The summed E-state index contributed by atoms with van der Waals surface area (Å²) in [6.45, 7) is 2.13. The summed E-state index contributed by atoms with van der Waals surface area (Å²) in [6, 6.07) is 8.12. The molecule has 0 bridgehead atoms. The van der Waals surface area contributed by atoms with Crippen LogP contribution in [0, 0.1) is 22.9 Å². The number of imidazole rings is 1. The van der Waals surface area contributed by atoms with Crippen molar-refractivity contribution in [3.8, 4) is 5.75 Å². The predicted octanol–water partition coefficient (Wildman–Crippen LogP) is 3.54. The number of hydrogen-bond donors (Lipinski definition) is 2. The number of ether oxygens (including phenoxy) is 1. The van der Waals surface area contributed by atoms with Gasteiger partial charge in [-0.15, -0.1) is 0 Å². The third-order valence-electron chi connectivity index (χ3n) is 3.66. The number of nitrogens with zero attached hydrogens (tertiary/aromatic N) is 2. The van der Waals surface area contributed by atoms with Crippen LogP contribution in [-0.2, 0) is 6.54 Å². The highest BCUT2D eigenvalue weighted by atomic mass is 19.1. The van der Waals surface area contributed by atoms with Crippen molar-refractivity contribution >= 4 is 22.4 Å². The van der Waals surface area contributed by atoms with E-state index in [1.807, 2.05) is 25.1 Å². The van der Waals surface area contributed by atoms with E-state index in [-0.39, 0.29) is 18.0 Å². The van der Waals surface area contributed by atoms with Crippen LogP contribution >= 0.6 is 0 Å². The van der Waals surface area contributed by atoms with Crippen molar-refractivity contribution in [1.82, 2.24) is 9.97 Å². The second-order valence-electron chi connectivity index (χ2n) is 5.27. The molecule has 7 nitrogen and oxygen atoms in total. The lowest BCUT2D eigenvalue weighted by Gasteiger charge is -2.08. The Morgan fingerprint density at radius 1 is 1.42 bits per heavy atom. The second kappa shape index (κ2) is 6.15. The molecule has 2 N–H and O–H groups in total. The number of aromatic nitrogens is 2. The molecule has 0 spiro atoms. The summed E-state index contributed by atoms with van der Waals surface area (Å²) in [4.78, 5) is 17.9. The van der Waals surface area contributed by atoms with Crippen LogP contribution < -0.4 is 10.1 Å². The zero-order valence-electron chi connectivity index (χ0n) is 13.1. The monoisotopic (exact) mass is 330 g/mol. The Morgan fingerprint density at radius 3 is 2.88 bits per heavy atom. The van der Waals surface area contributed by atoms with E-state index in [0.717, 1.165) is 22.7 Å². The number of nitro benzene ring substituents is 1. The number of nitrogens with one attached hydrogen (secondary N) is 2. The van der Waals surface area contributed by atoms with Crippen LogP contribution in [0.1, 0.15) is 11.4 Å². The molecule has 0 fully saturated rings. The minimum atomic E-state index is -0.956. The molecule has 0 saturated carbocycles. The number of benzene rings is 2. The Bertz CT molecular complexity index is 923. The van der Waals surface area contributed by atoms with Crippen LogP contribution in [0.2, 0.25) is 0 Å². The average Bonchev–Trinajstić information content (AvgIpc) is 2.96. The molecule has 8 heteroatoms. The van der Waals surface area contributed by atoms with E-state index in [0.29, 0.717) is 5.82 Å². The first-order chi connectivity index (χ1) is 11.5. The van der Waals surface area contributed by atoms with E-state index in [2.05, 4.69) is 15.3 Å². The van der Waals surface area contributed by atoms with Crippen molar-refractivity contribution in [1.29, 1.82) is 0 Å². The third kappa shape index (κ3) is 2.85. The van der Waals surface area contributed by atoms with Gasteiger partial charge in [0.15, 0.2) is 0 Å². The van der Waals surface area contributed by atoms with Gasteiger partial charge in [0.05, 0.1) is 29.6 Å². The topological polar surface area (TPSA) is 93.1 Å². The molecule has 0 atom stereocenters. The van der Waals surface area contributed by atoms with E-state index >= 15 is 0 Å². The zero-order valence-corrected chi connectivity index (χ0v) is 13.1. The first kappa shape index (κ1) is 15.7. The van der Waals surface area contributed by atoms with Crippen LogP contribution in [-0.4, -0.2) is 22.0 Å². The normalized spacial score (nSPS) is 10.8. The van der Waals surface area contributed by atoms with Gasteiger partial charge in [-0.3, -0.25) is 10.1 Å². The highest BCUT2D eigenvalue weighted by Crippen LogP contribution is 2.32. The molecule has 24 heavy (non-hydrogen) atoms.